The van der Waals surface area contributed by atoms with E-state index >= 15 is 0 Å². The van der Waals surface area contributed by atoms with E-state index in [9.17, 15) is 4.79 Å². The predicted molar refractivity (Wildman–Crippen MR) is 134 cm³/mol. The van der Waals surface area contributed by atoms with Crippen molar-refractivity contribution < 1.29 is 19.3 Å². The fourth-order valence-electron chi connectivity index (χ4n) is 4.93. The zero-order valence-corrected chi connectivity index (χ0v) is 21.0. The van der Waals surface area contributed by atoms with Crippen molar-refractivity contribution in [3.05, 3.63) is 35.8 Å². The van der Waals surface area contributed by atoms with Gasteiger partial charge in [-0.3, -0.25) is 4.79 Å². The van der Waals surface area contributed by atoms with E-state index in [-0.39, 0.29) is 17.7 Å². The molecule has 0 aromatic carbocycles. The van der Waals surface area contributed by atoms with Gasteiger partial charge in [0.05, 0.1) is 25.4 Å². The van der Waals surface area contributed by atoms with Gasteiger partial charge < -0.3 is 24.3 Å². The molecule has 2 fully saturated rings. The Bertz CT molecular complexity index is 1110. The van der Waals surface area contributed by atoms with Crippen LogP contribution < -0.4 is 9.64 Å². The van der Waals surface area contributed by atoms with E-state index in [2.05, 4.69) is 51.2 Å². The molecule has 1 N–H and O–H groups in total. The van der Waals surface area contributed by atoms with Gasteiger partial charge in [-0.25, -0.2) is 4.98 Å². The number of carbonyl (C=O) groups is 1. The molecule has 4 heterocycles. The first-order valence-electron chi connectivity index (χ1n) is 12.9. The first-order valence-corrected chi connectivity index (χ1v) is 12.9. The maximum atomic E-state index is 12.6. The summed E-state index contributed by atoms with van der Waals surface area (Å²) in [4.78, 5) is 25.5. The molecule has 1 atom stereocenters. The third kappa shape index (κ3) is 5.37. The number of hydrogen-bond acceptors (Lipinski definition) is 9. The number of anilines is 1. The van der Waals surface area contributed by atoms with Crippen LogP contribution in [0.1, 0.15) is 63.3 Å². The fraction of sp³-hybridized carbons (Fsp3) is 0.577. The molecule has 2 aromatic rings. The molecule has 1 amide bonds. The predicted octanol–water partition coefficient (Wildman–Crippen LogP) is 3.74. The summed E-state index contributed by atoms with van der Waals surface area (Å²) < 4.78 is 11.4. The minimum Gasteiger partial charge on any atom is -0.477 e. The van der Waals surface area contributed by atoms with Crippen LogP contribution >= 0.6 is 0 Å². The molecule has 5 rings (SSSR count). The fourth-order valence-corrected chi connectivity index (χ4v) is 4.93. The van der Waals surface area contributed by atoms with Gasteiger partial charge in [-0.1, -0.05) is 30.2 Å². The number of oxime groups is 1. The van der Waals surface area contributed by atoms with Crippen molar-refractivity contribution in [3.8, 4) is 5.88 Å². The van der Waals surface area contributed by atoms with E-state index < -0.39 is 0 Å². The van der Waals surface area contributed by atoms with Crippen molar-refractivity contribution >= 4 is 23.2 Å². The smallest absolute Gasteiger partial charge is 0.324 e. The molecule has 2 saturated heterocycles. The molecular formula is C26H34N6O4. The summed E-state index contributed by atoms with van der Waals surface area (Å²) in [7, 11) is 0. The summed E-state index contributed by atoms with van der Waals surface area (Å²) in [6, 6.07) is 4.61. The van der Waals surface area contributed by atoms with Gasteiger partial charge in [0.1, 0.15) is 0 Å². The number of hydrogen-bond donors (Lipinski definition) is 1. The number of pyridine rings is 1. The van der Waals surface area contributed by atoms with Crippen molar-refractivity contribution in [1.29, 1.82) is 0 Å². The summed E-state index contributed by atoms with van der Waals surface area (Å²) in [5, 5.41) is 16.0. The largest absolute Gasteiger partial charge is 0.477 e. The average molecular weight is 495 g/mol. The molecule has 0 saturated carbocycles. The second kappa shape index (κ2) is 10.7. The second-order valence-electron chi connectivity index (χ2n) is 10.3. The Balaban J connectivity index is 1.06. The molecule has 0 bridgehead atoms. The van der Waals surface area contributed by atoms with Crippen LogP contribution in [-0.4, -0.2) is 69.6 Å². The quantitative estimate of drug-likeness (QED) is 0.457. The normalized spacial score (nSPS) is 20.8. The SMILES string of the molecule is CC(C)c1noc(N2CCC(COc3ccc(C4=CCC(C(=O)N5CC(=NO)C5)CC4)cn3)CC2)n1. The molecule has 10 nitrogen and oxygen atoms in total. The zero-order valence-electron chi connectivity index (χ0n) is 21.0. The maximum absolute atomic E-state index is 12.6. The molecule has 192 valence electrons. The Labute approximate surface area is 211 Å². The molecule has 1 unspecified atom stereocenters. The number of amides is 1. The zero-order chi connectivity index (χ0) is 25.1. The lowest BCUT2D eigenvalue weighted by atomic mass is 9.85. The lowest BCUT2D eigenvalue weighted by molar-refractivity contribution is -0.135. The summed E-state index contributed by atoms with van der Waals surface area (Å²) in [6.45, 7) is 7.42. The minimum absolute atomic E-state index is 0.00746. The Hall–Kier alpha value is -3.43. The number of aromatic nitrogens is 3. The van der Waals surface area contributed by atoms with Crippen LogP contribution in [-0.2, 0) is 4.79 Å². The Morgan fingerprint density at radius 2 is 2.06 bits per heavy atom. The highest BCUT2D eigenvalue weighted by Gasteiger charge is 2.33. The first-order chi connectivity index (χ1) is 17.5. The van der Waals surface area contributed by atoms with E-state index in [1.165, 1.54) is 5.57 Å². The van der Waals surface area contributed by atoms with Gasteiger partial charge in [-0.2, -0.15) is 4.98 Å². The molecular weight excluding hydrogens is 460 g/mol. The van der Waals surface area contributed by atoms with Gasteiger partial charge in [0.25, 0.3) is 0 Å². The lowest BCUT2D eigenvalue weighted by Gasteiger charge is -2.35. The molecule has 3 aliphatic rings. The van der Waals surface area contributed by atoms with Crippen molar-refractivity contribution in [1.82, 2.24) is 20.0 Å². The third-order valence-corrected chi connectivity index (χ3v) is 7.37. The van der Waals surface area contributed by atoms with Gasteiger partial charge in [-0.15, -0.1) is 0 Å². The molecule has 2 aliphatic heterocycles. The van der Waals surface area contributed by atoms with E-state index in [0.717, 1.165) is 56.6 Å². The van der Waals surface area contributed by atoms with Gasteiger partial charge in [0.15, 0.2) is 5.82 Å². The monoisotopic (exact) mass is 494 g/mol. The highest BCUT2D eigenvalue weighted by atomic mass is 16.5. The van der Waals surface area contributed by atoms with E-state index in [4.69, 9.17) is 14.5 Å². The van der Waals surface area contributed by atoms with Crippen LogP contribution in [0.25, 0.3) is 5.57 Å². The Morgan fingerprint density at radius 3 is 2.67 bits per heavy atom. The third-order valence-electron chi connectivity index (χ3n) is 7.37. The summed E-state index contributed by atoms with van der Waals surface area (Å²) in [5.41, 5.74) is 2.98. The van der Waals surface area contributed by atoms with E-state index in [1.54, 1.807) is 4.90 Å². The van der Waals surface area contributed by atoms with Gasteiger partial charge >= 0.3 is 6.01 Å². The molecule has 36 heavy (non-hydrogen) atoms. The van der Waals surface area contributed by atoms with Crippen molar-refractivity contribution in [2.24, 2.45) is 17.0 Å². The van der Waals surface area contributed by atoms with Gasteiger partial charge in [0.2, 0.25) is 11.8 Å². The van der Waals surface area contributed by atoms with E-state index in [1.807, 2.05) is 12.3 Å². The van der Waals surface area contributed by atoms with Crippen molar-refractivity contribution in [2.75, 3.05) is 37.7 Å². The van der Waals surface area contributed by atoms with E-state index in [0.29, 0.717) is 43.2 Å². The summed E-state index contributed by atoms with van der Waals surface area (Å²) in [5.74, 6) is 2.29. The Morgan fingerprint density at radius 1 is 1.25 bits per heavy atom. The molecule has 0 radical (unpaired) electrons. The van der Waals surface area contributed by atoms with Gasteiger partial charge in [0, 0.05) is 37.2 Å². The molecule has 10 heteroatoms. The van der Waals surface area contributed by atoms with Crippen LogP contribution in [0.2, 0.25) is 0 Å². The highest BCUT2D eigenvalue weighted by molar-refractivity contribution is 6.00. The average Bonchev–Trinajstić information content (AvgIpc) is 3.38. The van der Waals surface area contributed by atoms with Crippen LogP contribution in [0.15, 0.2) is 34.1 Å². The number of rotatable bonds is 7. The topological polar surface area (TPSA) is 117 Å². The van der Waals surface area contributed by atoms with Crippen molar-refractivity contribution in [2.45, 2.75) is 51.9 Å². The lowest BCUT2D eigenvalue weighted by Crippen LogP contribution is -2.52. The second-order valence-corrected chi connectivity index (χ2v) is 10.3. The van der Waals surface area contributed by atoms with Crippen LogP contribution in [0.5, 0.6) is 5.88 Å². The molecule has 2 aromatic heterocycles. The van der Waals surface area contributed by atoms with Gasteiger partial charge in [-0.05, 0) is 55.2 Å². The number of carbonyl (C=O) groups excluding carboxylic acids is 1. The molecule has 0 spiro atoms. The van der Waals surface area contributed by atoms with Crippen LogP contribution in [0.3, 0.4) is 0 Å². The maximum Gasteiger partial charge on any atom is 0.324 e. The first kappa shape index (κ1) is 24.3. The minimum atomic E-state index is 0.00746. The summed E-state index contributed by atoms with van der Waals surface area (Å²) in [6.07, 6.45) is 8.45. The molecule has 1 aliphatic carbocycles. The number of allylic oxidation sites excluding steroid dienone is 2. The van der Waals surface area contributed by atoms with Crippen LogP contribution in [0.4, 0.5) is 6.01 Å². The number of likely N-dealkylation sites (tertiary alicyclic amines) is 1. The van der Waals surface area contributed by atoms with Crippen LogP contribution in [0, 0.1) is 11.8 Å². The number of ether oxygens (including phenoxy) is 1. The van der Waals surface area contributed by atoms with Crippen molar-refractivity contribution in [3.63, 3.8) is 0 Å². The summed E-state index contributed by atoms with van der Waals surface area (Å²) >= 11 is 0. The number of nitrogens with zero attached hydrogens (tertiary/aromatic N) is 6. The standard InChI is InChI=1S/C26H34N6O4/c1-17(2)24-28-26(36-30-24)31-11-9-18(10-12-31)16-35-23-8-7-21(13-27-23)19-3-5-20(6-4-19)25(33)32-14-22(15-32)29-34/h3,7-8,13,17-18,20,34H,4-6,9-12,14-16H2,1-2H3. The number of piperidine rings is 1. The Kier molecular flexibility index (Phi) is 7.20. The highest BCUT2D eigenvalue weighted by Crippen LogP contribution is 2.32.